The van der Waals surface area contributed by atoms with Crippen molar-refractivity contribution in [3.05, 3.63) is 190 Å². The van der Waals surface area contributed by atoms with Crippen LogP contribution in [0.3, 0.4) is 0 Å². The van der Waals surface area contributed by atoms with Crippen LogP contribution in [0, 0.1) is 0 Å². The number of para-hydroxylation sites is 2. The number of carbonyl (C=O) groups excluding carboxylic acids is 4. The van der Waals surface area contributed by atoms with Crippen molar-refractivity contribution >= 4 is 81.8 Å². The number of esters is 4. The molecule has 95 heavy (non-hydrogen) atoms. The summed E-state index contributed by atoms with van der Waals surface area (Å²) in [6.45, 7) is 14.9. The molecule has 498 valence electrons. The quantitative estimate of drug-likeness (QED) is 0.0243. The number of hydrogen-bond donors (Lipinski definition) is 4. The summed E-state index contributed by atoms with van der Waals surface area (Å²) in [5.41, 5.74) is 14.3. The normalized spacial score (nSPS) is 13.9. The zero-order valence-electron chi connectivity index (χ0n) is 56.1. The number of ether oxygens (including phenoxy) is 4. The van der Waals surface area contributed by atoms with Crippen LogP contribution in [0.1, 0.15) is 181 Å². The van der Waals surface area contributed by atoms with Crippen LogP contribution in [0.2, 0.25) is 18.1 Å². The summed E-state index contributed by atoms with van der Waals surface area (Å²) in [4.78, 5) is 67.5. The van der Waals surface area contributed by atoms with Gasteiger partial charge < -0.3 is 52.7 Å². The van der Waals surface area contributed by atoms with E-state index >= 15 is 0 Å². The molecule has 2 aliphatic carbocycles. The van der Waals surface area contributed by atoms with E-state index in [9.17, 15) is 24.3 Å². The first-order valence-corrected chi connectivity index (χ1v) is 36.3. The third-order valence-electron chi connectivity index (χ3n) is 19.1. The van der Waals surface area contributed by atoms with Gasteiger partial charge in [0.15, 0.2) is 8.32 Å². The number of aromatic amines is 2. The second-order valence-corrected chi connectivity index (χ2v) is 31.3. The lowest BCUT2D eigenvalue weighted by atomic mass is 9.81. The van der Waals surface area contributed by atoms with Crippen molar-refractivity contribution in [3.8, 4) is 22.5 Å². The van der Waals surface area contributed by atoms with Crippen LogP contribution >= 0.6 is 0 Å². The second kappa shape index (κ2) is 31.0. The van der Waals surface area contributed by atoms with Gasteiger partial charge in [0.05, 0.1) is 47.8 Å². The van der Waals surface area contributed by atoms with Crippen LogP contribution in [0.5, 0.6) is 0 Å². The fraction of sp³-hybridized carbons (Fsp3) is 0.372. The fourth-order valence-corrected chi connectivity index (χ4v) is 14.5. The number of fused-ring (bicyclic) bond motifs is 4. The van der Waals surface area contributed by atoms with Gasteiger partial charge in [-0.3, -0.25) is 4.79 Å². The summed E-state index contributed by atoms with van der Waals surface area (Å²) in [6.07, 6.45) is 13.1. The lowest BCUT2D eigenvalue weighted by molar-refractivity contribution is -0.134. The number of carboxylic acids is 1. The van der Waals surface area contributed by atoms with Crippen LogP contribution in [0.15, 0.2) is 146 Å². The molecular formula is C78H90N4O12Si. The second-order valence-electron chi connectivity index (χ2n) is 26.5. The molecule has 0 atom stereocenters. The topological polar surface area (TPSA) is 213 Å². The molecule has 10 aromatic rings. The zero-order valence-corrected chi connectivity index (χ0v) is 57.1. The standard InChI is InChI=1S/C41H50N2O5Si.C35H36N2O5.C2H4O2/c1-41(2,3)49(5,6)48-24-14-23-43-35-26-31(39(44)46-4)21-22-32(35)36(29-17-11-8-12-18-29)38(43)33-20-13-19-30-25-34(42-37(30)33)40(45)47-27-28-15-9-7-10-16-28;1-41-34(39)26-16-17-27-30(21-26)37(18-9-19-38)33(31(27)24-12-6-3-7-13-24)28-15-8-14-25-20-29(36-32(25)28)35(40)42-22-23-10-4-2-5-11-23;1-2(3)4/h7,9-10,13,15-16,19-22,25-26,29,42H,8,11-12,14,17-18,23-24,27H2,1-6H3;2,4-5,8,10-11,14-17,20-21,24,36,38H,3,6-7,9,12-13,18-19,22H2,1H3;1H3,(H,3,4). The first-order valence-electron chi connectivity index (χ1n) is 33.4. The number of aromatic nitrogens is 4. The fourth-order valence-electron chi connectivity index (χ4n) is 13.4. The highest BCUT2D eigenvalue weighted by molar-refractivity contribution is 6.74. The van der Waals surface area contributed by atoms with Gasteiger partial charge in [-0.1, -0.05) is 168 Å². The van der Waals surface area contributed by atoms with E-state index in [1.54, 1.807) is 0 Å². The maximum atomic E-state index is 13.3. The first-order chi connectivity index (χ1) is 45.8. The highest BCUT2D eigenvalue weighted by atomic mass is 28.4. The van der Waals surface area contributed by atoms with Crippen molar-refractivity contribution in [1.82, 2.24) is 19.1 Å². The Morgan fingerprint density at radius 2 is 0.947 bits per heavy atom. The molecule has 17 heteroatoms. The lowest BCUT2D eigenvalue weighted by Gasteiger charge is -2.36. The van der Waals surface area contributed by atoms with Crippen LogP contribution in [0.4, 0.5) is 0 Å². The molecule has 4 heterocycles. The van der Waals surface area contributed by atoms with Crippen molar-refractivity contribution in [2.24, 2.45) is 0 Å². The van der Waals surface area contributed by atoms with Crippen LogP contribution in [0.25, 0.3) is 66.1 Å². The van der Waals surface area contributed by atoms with Crippen molar-refractivity contribution < 1.29 is 57.6 Å². The molecule has 12 rings (SSSR count). The molecule has 2 saturated carbocycles. The van der Waals surface area contributed by atoms with Gasteiger partial charge in [-0.05, 0) is 127 Å². The molecule has 2 aliphatic rings. The summed E-state index contributed by atoms with van der Waals surface area (Å²) in [6, 6.07) is 47.3. The Bertz CT molecular complexity index is 4320. The first kappa shape index (κ1) is 68.8. The number of benzene rings is 6. The number of H-pyrrole nitrogens is 2. The number of aliphatic hydroxyl groups excluding tert-OH is 1. The molecule has 0 radical (unpaired) electrons. The third kappa shape index (κ3) is 15.9. The monoisotopic (exact) mass is 1300 g/mol. The van der Waals surface area contributed by atoms with E-state index in [0.29, 0.717) is 53.9 Å². The van der Waals surface area contributed by atoms with Crippen molar-refractivity contribution in [2.45, 2.75) is 161 Å². The van der Waals surface area contributed by atoms with E-state index < -0.39 is 20.3 Å². The van der Waals surface area contributed by atoms with Gasteiger partial charge in [0.1, 0.15) is 24.6 Å². The highest BCUT2D eigenvalue weighted by Crippen LogP contribution is 2.48. The Balaban J connectivity index is 0.000000198. The Hall–Kier alpha value is -9.03. The summed E-state index contributed by atoms with van der Waals surface area (Å²) < 4.78 is 32.8. The van der Waals surface area contributed by atoms with Crippen molar-refractivity contribution in [1.29, 1.82) is 0 Å². The minimum atomic E-state index is -1.92. The summed E-state index contributed by atoms with van der Waals surface area (Å²) in [5.74, 6) is -1.59. The number of rotatable bonds is 20. The number of methoxy groups -OCH3 is 2. The average molecular weight is 1300 g/mol. The van der Waals surface area contributed by atoms with Gasteiger partial charge in [-0.25, -0.2) is 19.2 Å². The highest BCUT2D eigenvalue weighted by Gasteiger charge is 2.37. The molecular weight excluding hydrogens is 1210 g/mol. The predicted octanol–water partition coefficient (Wildman–Crippen LogP) is 17.8. The minimum Gasteiger partial charge on any atom is -0.481 e. The Kier molecular flexibility index (Phi) is 22.5. The smallest absolute Gasteiger partial charge is 0.355 e. The molecule has 2 fully saturated rings. The van der Waals surface area contributed by atoms with Gasteiger partial charge in [0.25, 0.3) is 5.97 Å². The SMILES string of the molecule is CC(=O)O.COC(=O)c1ccc2c(C3CCCCC3)c(-c3cccc4cc(C(=O)OCc5ccccc5)[nH]c34)n(CCCO)c2c1.COC(=O)c1ccc2c(C3CCCCC3)c(-c3cccc4cc(C(=O)OCc5ccccc5)[nH]c34)n(CCCO[Si](C)(C)C(C)(C)C)c2c1. The van der Waals surface area contributed by atoms with E-state index in [0.717, 1.165) is 117 Å². The largest absolute Gasteiger partial charge is 0.481 e. The van der Waals surface area contributed by atoms with E-state index in [1.807, 2.05) is 121 Å². The molecule has 0 spiro atoms. The zero-order chi connectivity index (χ0) is 67.4. The minimum absolute atomic E-state index is 0.0542. The Morgan fingerprint density at radius 1 is 0.537 bits per heavy atom. The number of nitrogens with zero attached hydrogens (tertiary/aromatic N) is 2. The molecule has 0 amide bonds. The van der Waals surface area contributed by atoms with Crippen LogP contribution < -0.4 is 0 Å². The molecule has 16 nitrogen and oxygen atoms in total. The maximum absolute atomic E-state index is 13.3. The lowest BCUT2D eigenvalue weighted by Crippen LogP contribution is -2.41. The van der Waals surface area contributed by atoms with E-state index in [-0.39, 0.29) is 42.8 Å². The number of aliphatic carboxylic acids is 1. The van der Waals surface area contributed by atoms with Gasteiger partial charge in [0, 0.05) is 76.9 Å². The van der Waals surface area contributed by atoms with Crippen LogP contribution in [-0.4, -0.2) is 94.9 Å². The summed E-state index contributed by atoms with van der Waals surface area (Å²) in [7, 11) is 0.904. The summed E-state index contributed by atoms with van der Waals surface area (Å²) in [5, 5.41) is 21.5. The number of hydrogen-bond acceptors (Lipinski definition) is 11. The molecule has 4 N–H and O–H groups in total. The number of aryl methyl sites for hydroxylation is 2. The molecule has 0 bridgehead atoms. The molecule has 4 aromatic heterocycles. The van der Waals surface area contributed by atoms with Gasteiger partial charge in [-0.2, -0.15) is 0 Å². The number of nitrogens with one attached hydrogen (secondary N) is 2. The van der Waals surface area contributed by atoms with E-state index in [2.05, 4.69) is 77.2 Å². The van der Waals surface area contributed by atoms with E-state index in [1.165, 1.54) is 69.3 Å². The van der Waals surface area contributed by atoms with Crippen molar-refractivity contribution in [3.63, 3.8) is 0 Å². The number of carboxylic acid groups (broad SMARTS) is 1. The van der Waals surface area contributed by atoms with Crippen molar-refractivity contribution in [2.75, 3.05) is 27.4 Å². The Morgan fingerprint density at radius 3 is 1.34 bits per heavy atom. The Labute approximate surface area is 557 Å². The van der Waals surface area contributed by atoms with Gasteiger partial charge >= 0.3 is 23.9 Å². The number of aliphatic hydroxyl groups is 1. The molecule has 0 saturated heterocycles. The molecule has 6 aromatic carbocycles. The summed E-state index contributed by atoms with van der Waals surface area (Å²) >= 11 is 0. The molecule has 0 aliphatic heterocycles. The molecule has 0 unspecified atom stereocenters. The van der Waals surface area contributed by atoms with E-state index in [4.69, 9.17) is 33.3 Å². The average Bonchev–Trinajstić information content (AvgIpc) is 1.59. The number of carbonyl (C=O) groups is 5. The maximum Gasteiger partial charge on any atom is 0.355 e. The van der Waals surface area contributed by atoms with Crippen LogP contribution in [-0.2, 0) is 54.5 Å². The van der Waals surface area contributed by atoms with Gasteiger partial charge in [0.2, 0.25) is 0 Å². The third-order valence-corrected chi connectivity index (χ3v) is 23.6. The predicted molar refractivity (Wildman–Crippen MR) is 377 cm³/mol. The van der Waals surface area contributed by atoms with Gasteiger partial charge in [-0.15, -0.1) is 0 Å².